The molecular formula is C35H41Cl2F2N7O6S. The largest absolute Gasteiger partial charge is 1.00 e. The van der Waals surface area contributed by atoms with Gasteiger partial charge in [-0.25, -0.2) is 23.5 Å². The third-order valence-electron chi connectivity index (χ3n) is 8.25. The van der Waals surface area contributed by atoms with Gasteiger partial charge in [-0.2, -0.15) is 10.3 Å². The molecule has 1 aliphatic heterocycles. The number of benzene rings is 2. The second kappa shape index (κ2) is 18.6. The van der Waals surface area contributed by atoms with Crippen molar-refractivity contribution in [3.8, 4) is 17.3 Å². The summed E-state index contributed by atoms with van der Waals surface area (Å²) in [4.78, 5) is 47.8. The highest BCUT2D eigenvalue weighted by atomic mass is 35.5. The van der Waals surface area contributed by atoms with E-state index in [4.69, 9.17) is 19.7 Å². The van der Waals surface area contributed by atoms with E-state index >= 15 is 4.39 Å². The third-order valence-corrected chi connectivity index (χ3v) is 9.28. The molecule has 2 unspecified atom stereocenters. The molecular weight excluding hydrogens is 755 g/mol. The summed E-state index contributed by atoms with van der Waals surface area (Å²) in [6, 6.07) is 11.6. The maximum absolute atomic E-state index is 15.5. The van der Waals surface area contributed by atoms with Crippen LogP contribution in [0.2, 0.25) is 0 Å². The van der Waals surface area contributed by atoms with E-state index in [1.165, 1.54) is 38.0 Å². The zero-order chi connectivity index (χ0) is 37.6. The van der Waals surface area contributed by atoms with Crippen LogP contribution in [0.3, 0.4) is 0 Å². The lowest BCUT2D eigenvalue weighted by Gasteiger charge is -2.38. The number of likely N-dealkylation sites (N-methyl/N-ethyl adjacent to an activating group) is 1. The van der Waals surface area contributed by atoms with Crippen LogP contribution in [-0.4, -0.2) is 89.7 Å². The summed E-state index contributed by atoms with van der Waals surface area (Å²) in [6.07, 6.45) is 0.588. The molecule has 2 heterocycles. The van der Waals surface area contributed by atoms with E-state index in [1.54, 1.807) is 57.3 Å². The highest BCUT2D eigenvalue weighted by molar-refractivity contribution is 7.10. The first kappa shape index (κ1) is 44.8. The Kier molecular flexibility index (Phi) is 15.7. The molecule has 1 aliphatic rings. The number of nitriles is 1. The van der Waals surface area contributed by atoms with E-state index in [-0.39, 0.29) is 56.6 Å². The summed E-state index contributed by atoms with van der Waals surface area (Å²) < 4.78 is 40.4. The molecule has 0 fully saturated rings. The summed E-state index contributed by atoms with van der Waals surface area (Å²) in [5.41, 5.74) is -1.70. The fraction of sp³-hybridized carbons (Fsp3) is 0.400. The van der Waals surface area contributed by atoms with Gasteiger partial charge in [0, 0.05) is 34.8 Å². The van der Waals surface area contributed by atoms with Crippen LogP contribution < -0.4 is 17.7 Å². The number of aliphatic hydroxyl groups is 1. The molecule has 2 aromatic carbocycles. The van der Waals surface area contributed by atoms with Crippen LogP contribution in [0.25, 0.3) is 11.3 Å². The predicted molar refractivity (Wildman–Crippen MR) is 192 cm³/mol. The van der Waals surface area contributed by atoms with E-state index in [0.717, 1.165) is 28.7 Å². The molecule has 4 atom stereocenters. The van der Waals surface area contributed by atoms with Crippen LogP contribution >= 0.6 is 23.7 Å². The van der Waals surface area contributed by atoms with Crippen molar-refractivity contribution in [2.24, 2.45) is 15.5 Å². The van der Waals surface area contributed by atoms with Crippen molar-refractivity contribution >= 4 is 54.4 Å². The number of ether oxygens (including phenoxy) is 2. The number of imide groups is 1. The van der Waals surface area contributed by atoms with Gasteiger partial charge in [0.1, 0.15) is 31.3 Å². The first-order valence-electron chi connectivity index (χ1n) is 15.9. The van der Waals surface area contributed by atoms with Gasteiger partial charge in [0.15, 0.2) is 18.2 Å². The van der Waals surface area contributed by atoms with Gasteiger partial charge in [-0.05, 0) is 37.4 Å². The van der Waals surface area contributed by atoms with Gasteiger partial charge < -0.3 is 27.0 Å². The Morgan fingerprint density at radius 3 is 2.40 bits per heavy atom. The number of halogens is 4. The molecule has 13 nitrogen and oxygen atoms in total. The fourth-order valence-corrected chi connectivity index (χ4v) is 6.37. The van der Waals surface area contributed by atoms with Crippen LogP contribution in [-0.2, 0) is 24.7 Å². The Hall–Kier alpha value is -4.37. The minimum Gasteiger partial charge on any atom is -1.00 e. The number of amides is 2. The Morgan fingerprint density at radius 1 is 1.15 bits per heavy atom. The number of aromatic nitrogens is 1. The molecule has 2 N–H and O–H groups in total. The fourth-order valence-electron chi connectivity index (χ4n) is 5.40. The highest BCUT2D eigenvalue weighted by Crippen LogP contribution is 2.42. The molecule has 18 heteroatoms. The van der Waals surface area contributed by atoms with Gasteiger partial charge in [0.25, 0.3) is 0 Å². The van der Waals surface area contributed by atoms with Gasteiger partial charge in [-0.3, -0.25) is 14.9 Å². The first-order chi connectivity index (χ1) is 24.0. The van der Waals surface area contributed by atoms with E-state index in [9.17, 15) is 23.9 Å². The summed E-state index contributed by atoms with van der Waals surface area (Å²) in [5.74, 6) is -3.76. The number of rotatable bonds is 13. The Labute approximate surface area is 322 Å². The number of hydrogen-bond acceptors (Lipinski definition) is 12. The number of nitrogens with zero attached hydrogens (tertiary/aromatic N) is 6. The molecule has 2 amide bonds. The summed E-state index contributed by atoms with van der Waals surface area (Å²) >= 11 is 1.22. The standard InChI is InChI=1S/C35H40F2N7O6S.2ClH/c1-22(31-42-29(18-51-31)25-9-7-24(16-38)8-10-25)35(48,27-15-26(36)11-12-28(27)37)19-44(21-40-20-41-44)13-14-49-33(47)43(32(46)34(3,4)5)17-30(39-6)50-23(2)45;;/h7-12,15,18,20-22,30,39,48H,13-14,17,19H2,1-6H3;2*1H/q+1;;/p-1/t22-,30?,35+,44?;;/m0../s1. The third kappa shape index (κ3) is 10.8. The molecule has 0 saturated heterocycles. The van der Waals surface area contributed by atoms with E-state index in [0.29, 0.717) is 16.3 Å². The number of esters is 1. The van der Waals surface area contributed by atoms with Crippen molar-refractivity contribution in [1.82, 2.24) is 15.2 Å². The Balaban J connectivity index is 0.00000486. The van der Waals surface area contributed by atoms with Crippen molar-refractivity contribution in [2.75, 3.05) is 33.3 Å². The van der Waals surface area contributed by atoms with Gasteiger partial charge in [0.05, 0.1) is 28.9 Å². The SMILES string of the molecule is CNC(CN(C(=O)OCC[N+]1(C[C@](O)(c2cc(F)ccc2F)[C@@H](C)c2nc(-c3ccc(C#N)cc3)cs2)C=NC=N1)C(=O)C(C)(C)C)OC(C)=O.Cl.[Cl-]. The monoisotopic (exact) mass is 795 g/mol. The van der Waals surface area contributed by atoms with Crippen molar-refractivity contribution in [3.63, 3.8) is 0 Å². The quantitative estimate of drug-likeness (QED) is 0.150. The lowest BCUT2D eigenvalue weighted by Crippen LogP contribution is -3.00. The van der Waals surface area contributed by atoms with Crippen molar-refractivity contribution < 1.29 is 54.7 Å². The molecule has 4 rings (SSSR count). The number of nitrogens with one attached hydrogen (secondary N) is 1. The van der Waals surface area contributed by atoms with Gasteiger partial charge in [-0.1, -0.05) is 44.9 Å². The van der Waals surface area contributed by atoms with Crippen molar-refractivity contribution in [3.05, 3.63) is 75.6 Å². The van der Waals surface area contributed by atoms with Gasteiger partial charge in [0.2, 0.25) is 12.2 Å². The zero-order valence-electron chi connectivity index (χ0n) is 29.9. The molecule has 1 aromatic heterocycles. The topological polar surface area (TPSA) is 167 Å². The lowest BCUT2D eigenvalue weighted by molar-refractivity contribution is -0.848. The average molecular weight is 797 g/mol. The van der Waals surface area contributed by atoms with Crippen molar-refractivity contribution in [2.45, 2.75) is 52.4 Å². The smallest absolute Gasteiger partial charge is 0.416 e. The molecule has 0 bridgehead atoms. The number of hydrogen-bond donors (Lipinski definition) is 2. The zero-order valence-corrected chi connectivity index (χ0v) is 32.3. The molecule has 0 radical (unpaired) electrons. The minimum atomic E-state index is -2.14. The van der Waals surface area contributed by atoms with Crippen LogP contribution in [0, 0.1) is 28.4 Å². The summed E-state index contributed by atoms with van der Waals surface area (Å²) in [7, 11) is 1.50. The second-order valence-corrected chi connectivity index (χ2v) is 14.0. The lowest BCUT2D eigenvalue weighted by atomic mass is 9.81. The summed E-state index contributed by atoms with van der Waals surface area (Å²) in [5, 5.41) is 31.0. The minimum absolute atomic E-state index is 0. The van der Waals surface area contributed by atoms with Crippen LogP contribution in [0.1, 0.15) is 56.7 Å². The summed E-state index contributed by atoms with van der Waals surface area (Å²) in [6.45, 7) is 6.51. The number of thiazole rings is 1. The maximum Gasteiger partial charge on any atom is 0.416 e. The van der Waals surface area contributed by atoms with Crippen LogP contribution in [0.5, 0.6) is 0 Å². The highest BCUT2D eigenvalue weighted by Gasteiger charge is 2.49. The number of aliphatic imine (C=N–C) groups is 1. The van der Waals surface area contributed by atoms with Crippen LogP contribution in [0.4, 0.5) is 13.6 Å². The number of carbonyl (C=O) groups excluding carboxylic acids is 3. The predicted octanol–water partition coefficient (Wildman–Crippen LogP) is 2.30. The molecule has 286 valence electrons. The van der Waals surface area contributed by atoms with E-state index < -0.39 is 57.4 Å². The van der Waals surface area contributed by atoms with Gasteiger partial charge >= 0.3 is 12.1 Å². The van der Waals surface area contributed by atoms with Crippen molar-refractivity contribution in [1.29, 1.82) is 5.26 Å². The Bertz CT molecular complexity index is 1850. The van der Waals surface area contributed by atoms with Crippen LogP contribution in [0.15, 0.2) is 57.9 Å². The number of carbonyl (C=O) groups is 3. The molecule has 0 spiro atoms. The molecule has 3 aromatic rings. The van der Waals surface area contributed by atoms with Gasteiger partial charge in [-0.15, -0.1) is 28.3 Å². The normalized spacial score (nSPS) is 17.0. The average Bonchev–Trinajstić information content (AvgIpc) is 3.77. The molecule has 0 saturated carbocycles. The second-order valence-electron chi connectivity index (χ2n) is 13.1. The molecule has 53 heavy (non-hydrogen) atoms. The van der Waals surface area contributed by atoms with E-state index in [2.05, 4.69) is 21.5 Å². The maximum atomic E-state index is 15.5. The first-order valence-corrected chi connectivity index (χ1v) is 16.8. The molecule has 0 aliphatic carbocycles. The number of quaternary nitrogens is 1. The Morgan fingerprint density at radius 2 is 1.83 bits per heavy atom. The van der Waals surface area contributed by atoms with E-state index in [1.807, 2.05) is 0 Å².